The second-order valence-corrected chi connectivity index (χ2v) is 3.60. The minimum atomic E-state index is 0.641. The van der Waals surface area contributed by atoms with E-state index in [0.29, 0.717) is 5.92 Å². The molecule has 0 radical (unpaired) electrons. The van der Waals surface area contributed by atoms with Gasteiger partial charge in [-0.15, -0.1) is 0 Å². The van der Waals surface area contributed by atoms with Gasteiger partial charge in [0, 0.05) is 11.7 Å². The highest BCUT2D eigenvalue weighted by Crippen LogP contribution is 2.25. The average molecular weight is 173 g/mol. The molecule has 0 saturated heterocycles. The standard InChI is InChI=1S/C12H15N/c1-3-9(2)11-6-4-5-10-7-8-13-12(10)11/h4-9,13H,3H2,1-2H3. The van der Waals surface area contributed by atoms with Gasteiger partial charge in [-0.25, -0.2) is 0 Å². The SMILES string of the molecule is CCC(C)c1cccc2cc[nH]c12. The van der Waals surface area contributed by atoms with Gasteiger partial charge in [0.1, 0.15) is 0 Å². The molecule has 1 aromatic heterocycles. The zero-order valence-corrected chi connectivity index (χ0v) is 8.17. The minimum absolute atomic E-state index is 0.641. The van der Waals surface area contributed by atoms with Crippen molar-refractivity contribution in [2.75, 3.05) is 0 Å². The van der Waals surface area contributed by atoms with E-state index in [-0.39, 0.29) is 0 Å². The van der Waals surface area contributed by atoms with Gasteiger partial charge in [-0.05, 0) is 29.4 Å². The number of hydrogen-bond donors (Lipinski definition) is 1. The molecule has 68 valence electrons. The molecular weight excluding hydrogens is 158 g/mol. The zero-order chi connectivity index (χ0) is 9.26. The number of nitrogens with one attached hydrogen (secondary N) is 1. The summed E-state index contributed by atoms with van der Waals surface area (Å²) in [5.74, 6) is 0.641. The van der Waals surface area contributed by atoms with Crippen LogP contribution in [0.3, 0.4) is 0 Å². The van der Waals surface area contributed by atoms with Crippen LogP contribution in [-0.4, -0.2) is 4.98 Å². The number of fused-ring (bicyclic) bond motifs is 1. The van der Waals surface area contributed by atoms with Crippen molar-refractivity contribution in [3.8, 4) is 0 Å². The quantitative estimate of drug-likeness (QED) is 0.713. The topological polar surface area (TPSA) is 15.8 Å². The van der Waals surface area contributed by atoms with Crippen LogP contribution in [0.15, 0.2) is 30.5 Å². The Hall–Kier alpha value is -1.24. The Balaban J connectivity index is 2.60. The molecule has 0 saturated carbocycles. The van der Waals surface area contributed by atoms with Crippen molar-refractivity contribution in [1.29, 1.82) is 0 Å². The Morgan fingerprint density at radius 2 is 2.15 bits per heavy atom. The Morgan fingerprint density at radius 1 is 1.31 bits per heavy atom. The summed E-state index contributed by atoms with van der Waals surface area (Å²) in [7, 11) is 0. The van der Waals surface area contributed by atoms with E-state index in [1.165, 1.54) is 22.9 Å². The highest BCUT2D eigenvalue weighted by atomic mass is 14.7. The van der Waals surface area contributed by atoms with Gasteiger partial charge in [0.05, 0.1) is 0 Å². The van der Waals surface area contributed by atoms with Gasteiger partial charge in [-0.3, -0.25) is 0 Å². The third-order valence-corrected chi connectivity index (χ3v) is 2.76. The average Bonchev–Trinajstić information content (AvgIpc) is 2.63. The molecule has 1 nitrogen and oxygen atoms in total. The molecule has 1 unspecified atom stereocenters. The van der Waals surface area contributed by atoms with Crippen molar-refractivity contribution >= 4 is 10.9 Å². The second-order valence-electron chi connectivity index (χ2n) is 3.60. The summed E-state index contributed by atoms with van der Waals surface area (Å²) >= 11 is 0. The molecule has 0 aliphatic rings. The van der Waals surface area contributed by atoms with Crippen molar-refractivity contribution in [3.05, 3.63) is 36.0 Å². The summed E-state index contributed by atoms with van der Waals surface area (Å²) in [5, 5.41) is 1.32. The van der Waals surface area contributed by atoms with E-state index in [9.17, 15) is 0 Å². The number of para-hydroxylation sites is 1. The molecule has 0 aliphatic heterocycles. The number of rotatable bonds is 2. The molecule has 0 spiro atoms. The monoisotopic (exact) mass is 173 g/mol. The fraction of sp³-hybridized carbons (Fsp3) is 0.333. The van der Waals surface area contributed by atoms with Crippen LogP contribution in [0.2, 0.25) is 0 Å². The predicted octanol–water partition coefficient (Wildman–Crippen LogP) is 3.68. The number of benzene rings is 1. The normalized spacial score (nSPS) is 13.4. The van der Waals surface area contributed by atoms with E-state index in [1.807, 2.05) is 6.20 Å². The lowest BCUT2D eigenvalue weighted by molar-refractivity contribution is 0.738. The zero-order valence-electron chi connectivity index (χ0n) is 8.17. The summed E-state index contributed by atoms with van der Waals surface area (Å²) in [6, 6.07) is 8.63. The lowest BCUT2D eigenvalue weighted by Crippen LogP contribution is -1.91. The van der Waals surface area contributed by atoms with E-state index in [2.05, 4.69) is 43.1 Å². The molecule has 0 aliphatic carbocycles. The van der Waals surface area contributed by atoms with Crippen LogP contribution in [0.25, 0.3) is 10.9 Å². The smallest absolute Gasteiger partial charge is 0.0489 e. The van der Waals surface area contributed by atoms with Crippen LogP contribution >= 0.6 is 0 Å². The molecule has 1 N–H and O–H groups in total. The summed E-state index contributed by atoms with van der Waals surface area (Å²) < 4.78 is 0. The predicted molar refractivity (Wildman–Crippen MR) is 57.0 cm³/mol. The lowest BCUT2D eigenvalue weighted by Gasteiger charge is -2.09. The first-order chi connectivity index (χ1) is 6.33. The third kappa shape index (κ3) is 1.35. The summed E-state index contributed by atoms with van der Waals surface area (Å²) in [6.07, 6.45) is 3.20. The van der Waals surface area contributed by atoms with Crippen LogP contribution in [-0.2, 0) is 0 Å². The molecule has 1 heteroatoms. The van der Waals surface area contributed by atoms with Crippen molar-refractivity contribution < 1.29 is 0 Å². The Morgan fingerprint density at radius 3 is 2.92 bits per heavy atom. The highest BCUT2D eigenvalue weighted by Gasteiger charge is 2.07. The Bertz CT molecular complexity index is 400. The fourth-order valence-corrected chi connectivity index (χ4v) is 1.74. The van der Waals surface area contributed by atoms with Crippen LogP contribution in [0.4, 0.5) is 0 Å². The largest absolute Gasteiger partial charge is 0.361 e. The van der Waals surface area contributed by atoms with Gasteiger partial charge in [0.15, 0.2) is 0 Å². The van der Waals surface area contributed by atoms with Crippen molar-refractivity contribution in [2.45, 2.75) is 26.2 Å². The number of aromatic amines is 1. The van der Waals surface area contributed by atoms with Crippen molar-refractivity contribution in [3.63, 3.8) is 0 Å². The van der Waals surface area contributed by atoms with Gasteiger partial charge in [0.25, 0.3) is 0 Å². The maximum absolute atomic E-state index is 3.30. The summed E-state index contributed by atoms with van der Waals surface area (Å²) in [4.78, 5) is 3.30. The van der Waals surface area contributed by atoms with Gasteiger partial charge >= 0.3 is 0 Å². The van der Waals surface area contributed by atoms with Crippen molar-refractivity contribution in [1.82, 2.24) is 4.98 Å². The molecule has 1 aromatic carbocycles. The minimum Gasteiger partial charge on any atom is -0.361 e. The third-order valence-electron chi connectivity index (χ3n) is 2.76. The molecule has 2 aromatic rings. The van der Waals surface area contributed by atoms with E-state index < -0.39 is 0 Å². The molecule has 0 bridgehead atoms. The summed E-state index contributed by atoms with van der Waals surface area (Å²) in [6.45, 7) is 4.50. The van der Waals surface area contributed by atoms with E-state index in [1.54, 1.807) is 0 Å². The number of hydrogen-bond acceptors (Lipinski definition) is 0. The van der Waals surface area contributed by atoms with Gasteiger partial charge in [-0.2, -0.15) is 0 Å². The van der Waals surface area contributed by atoms with Gasteiger partial charge in [0.2, 0.25) is 0 Å². The summed E-state index contributed by atoms with van der Waals surface area (Å²) in [5.41, 5.74) is 2.74. The first-order valence-corrected chi connectivity index (χ1v) is 4.89. The first-order valence-electron chi connectivity index (χ1n) is 4.89. The molecule has 1 heterocycles. The number of aromatic nitrogens is 1. The first kappa shape index (κ1) is 8.36. The Kier molecular flexibility index (Phi) is 2.09. The van der Waals surface area contributed by atoms with E-state index in [0.717, 1.165) is 0 Å². The molecular formula is C12H15N. The van der Waals surface area contributed by atoms with Crippen LogP contribution in [0.5, 0.6) is 0 Å². The maximum atomic E-state index is 3.30. The van der Waals surface area contributed by atoms with Crippen LogP contribution in [0, 0.1) is 0 Å². The fourth-order valence-electron chi connectivity index (χ4n) is 1.74. The maximum Gasteiger partial charge on any atom is 0.0489 e. The van der Waals surface area contributed by atoms with Gasteiger partial charge < -0.3 is 4.98 Å². The highest BCUT2D eigenvalue weighted by molar-refractivity contribution is 5.82. The molecule has 1 atom stereocenters. The molecule has 13 heavy (non-hydrogen) atoms. The van der Waals surface area contributed by atoms with Crippen LogP contribution in [0.1, 0.15) is 31.7 Å². The molecule has 0 fully saturated rings. The molecule has 0 amide bonds. The lowest BCUT2D eigenvalue weighted by atomic mass is 9.97. The van der Waals surface area contributed by atoms with Crippen molar-refractivity contribution in [2.24, 2.45) is 0 Å². The second kappa shape index (κ2) is 3.25. The van der Waals surface area contributed by atoms with Crippen LogP contribution < -0.4 is 0 Å². The van der Waals surface area contributed by atoms with E-state index in [4.69, 9.17) is 0 Å². The van der Waals surface area contributed by atoms with E-state index >= 15 is 0 Å². The number of H-pyrrole nitrogens is 1. The van der Waals surface area contributed by atoms with Gasteiger partial charge in [-0.1, -0.05) is 32.0 Å². The molecule has 2 rings (SSSR count). The Labute approximate surface area is 78.8 Å².